The van der Waals surface area contributed by atoms with E-state index in [9.17, 15) is 4.79 Å². The van der Waals surface area contributed by atoms with Gasteiger partial charge in [-0.3, -0.25) is 0 Å². The van der Waals surface area contributed by atoms with Crippen molar-refractivity contribution in [1.29, 1.82) is 0 Å². The van der Waals surface area contributed by atoms with Crippen molar-refractivity contribution in [3.63, 3.8) is 0 Å². The average molecular weight is 366 g/mol. The fourth-order valence-electron chi connectivity index (χ4n) is 2.73. The van der Waals surface area contributed by atoms with Crippen LogP contribution in [0.5, 0.6) is 0 Å². The number of carbonyl (C=O) groups excluding carboxylic acids is 1. The third-order valence-corrected chi connectivity index (χ3v) is 4.24. The molecule has 0 saturated carbocycles. The van der Waals surface area contributed by atoms with Crippen LogP contribution in [0.3, 0.4) is 0 Å². The van der Waals surface area contributed by atoms with Gasteiger partial charge in [-0.1, -0.05) is 78.6 Å². The number of hydrogen-bond acceptors (Lipinski definition) is 2. The Morgan fingerprint density at radius 2 is 1.57 bits per heavy atom. The lowest BCUT2D eigenvalue weighted by Gasteiger charge is -2.09. The standard InChI is InChI=1S/C26H22O2/c1-20-12-14-22(15-13-20)16-17-24-10-6-7-11-25(24)26(27)28-19-21(2)18-23-8-4-3-5-9-23/h3-15H,2,18-19H2,1H3. The first-order chi connectivity index (χ1) is 13.6. The van der Waals surface area contributed by atoms with E-state index < -0.39 is 0 Å². The molecule has 0 aliphatic heterocycles. The fraction of sp³-hybridized carbons (Fsp3) is 0.115. The smallest absolute Gasteiger partial charge is 0.339 e. The Bertz CT molecular complexity index is 1020. The van der Waals surface area contributed by atoms with E-state index in [4.69, 9.17) is 4.74 Å². The Morgan fingerprint density at radius 3 is 2.32 bits per heavy atom. The molecule has 28 heavy (non-hydrogen) atoms. The summed E-state index contributed by atoms with van der Waals surface area (Å²) in [5.41, 5.74) is 5.21. The Hall–Kier alpha value is -3.57. The molecule has 0 aliphatic rings. The lowest BCUT2D eigenvalue weighted by atomic mass is 10.1. The zero-order chi connectivity index (χ0) is 19.8. The van der Waals surface area contributed by atoms with Crippen LogP contribution in [0, 0.1) is 18.8 Å². The number of carbonyl (C=O) groups is 1. The first-order valence-corrected chi connectivity index (χ1v) is 9.17. The summed E-state index contributed by atoms with van der Waals surface area (Å²) in [7, 11) is 0. The summed E-state index contributed by atoms with van der Waals surface area (Å²) < 4.78 is 5.46. The maximum atomic E-state index is 12.5. The number of rotatable bonds is 5. The highest BCUT2D eigenvalue weighted by molar-refractivity contribution is 5.92. The largest absolute Gasteiger partial charge is 0.458 e. The van der Waals surface area contributed by atoms with Gasteiger partial charge in [-0.05, 0) is 48.7 Å². The first kappa shape index (κ1) is 19.2. The number of aryl methyl sites for hydroxylation is 1. The normalized spacial score (nSPS) is 9.89. The second kappa shape index (κ2) is 9.39. The number of esters is 1. The van der Waals surface area contributed by atoms with E-state index in [0.717, 1.165) is 16.7 Å². The molecule has 0 spiro atoms. The van der Waals surface area contributed by atoms with E-state index in [0.29, 0.717) is 17.5 Å². The van der Waals surface area contributed by atoms with E-state index in [-0.39, 0.29) is 12.6 Å². The van der Waals surface area contributed by atoms with Crippen LogP contribution in [-0.2, 0) is 11.2 Å². The summed E-state index contributed by atoms with van der Waals surface area (Å²) in [6.45, 7) is 6.24. The third kappa shape index (κ3) is 5.46. The molecule has 0 N–H and O–H groups in total. The average Bonchev–Trinajstić information content (AvgIpc) is 2.72. The Morgan fingerprint density at radius 1 is 0.893 bits per heavy atom. The predicted molar refractivity (Wildman–Crippen MR) is 113 cm³/mol. The van der Waals surface area contributed by atoms with Gasteiger partial charge in [0.1, 0.15) is 6.61 Å². The van der Waals surface area contributed by atoms with Gasteiger partial charge in [0.05, 0.1) is 5.56 Å². The van der Waals surface area contributed by atoms with Crippen LogP contribution in [0.25, 0.3) is 0 Å². The van der Waals surface area contributed by atoms with Crippen molar-refractivity contribution in [3.05, 3.63) is 119 Å². The van der Waals surface area contributed by atoms with Crippen molar-refractivity contribution in [2.24, 2.45) is 0 Å². The van der Waals surface area contributed by atoms with E-state index in [1.165, 1.54) is 5.56 Å². The molecule has 0 aromatic heterocycles. The molecule has 0 radical (unpaired) electrons. The van der Waals surface area contributed by atoms with E-state index in [2.05, 4.69) is 18.4 Å². The summed E-state index contributed by atoms with van der Waals surface area (Å²) in [4.78, 5) is 12.5. The second-order valence-corrected chi connectivity index (χ2v) is 6.65. The lowest BCUT2D eigenvalue weighted by Crippen LogP contribution is -2.10. The molecule has 0 heterocycles. The second-order valence-electron chi connectivity index (χ2n) is 6.65. The minimum absolute atomic E-state index is 0.188. The van der Waals surface area contributed by atoms with E-state index in [1.807, 2.05) is 79.7 Å². The summed E-state index contributed by atoms with van der Waals surface area (Å²) in [6.07, 6.45) is 0.684. The van der Waals surface area contributed by atoms with Gasteiger partial charge in [-0.15, -0.1) is 0 Å². The summed E-state index contributed by atoms with van der Waals surface area (Å²) in [5, 5.41) is 0. The van der Waals surface area contributed by atoms with Gasteiger partial charge < -0.3 is 4.74 Å². The molecule has 0 unspecified atom stereocenters. The Balaban J connectivity index is 1.66. The molecule has 3 aromatic rings. The van der Waals surface area contributed by atoms with Crippen LogP contribution in [-0.4, -0.2) is 12.6 Å². The van der Waals surface area contributed by atoms with Crippen molar-refractivity contribution in [2.75, 3.05) is 6.61 Å². The monoisotopic (exact) mass is 366 g/mol. The predicted octanol–water partition coefficient (Wildman–Crippen LogP) is 5.35. The van der Waals surface area contributed by atoms with Crippen LogP contribution in [0.15, 0.2) is 91.0 Å². The molecule has 138 valence electrons. The van der Waals surface area contributed by atoms with Crippen LogP contribution in [0.2, 0.25) is 0 Å². The van der Waals surface area contributed by atoms with Gasteiger partial charge in [-0.25, -0.2) is 4.79 Å². The summed E-state index contributed by atoms with van der Waals surface area (Å²) >= 11 is 0. The van der Waals surface area contributed by atoms with Gasteiger partial charge in [0.15, 0.2) is 0 Å². The molecule has 0 bridgehead atoms. The van der Waals surface area contributed by atoms with Crippen molar-refractivity contribution in [1.82, 2.24) is 0 Å². The highest BCUT2D eigenvalue weighted by Crippen LogP contribution is 2.12. The van der Waals surface area contributed by atoms with Crippen molar-refractivity contribution < 1.29 is 9.53 Å². The van der Waals surface area contributed by atoms with Gasteiger partial charge >= 0.3 is 5.97 Å². The van der Waals surface area contributed by atoms with E-state index >= 15 is 0 Å². The maximum absolute atomic E-state index is 12.5. The van der Waals surface area contributed by atoms with E-state index in [1.54, 1.807) is 6.07 Å². The molecule has 2 nitrogen and oxygen atoms in total. The minimum Gasteiger partial charge on any atom is -0.458 e. The van der Waals surface area contributed by atoms with Crippen LogP contribution in [0.4, 0.5) is 0 Å². The molecule has 2 heteroatoms. The fourth-order valence-corrected chi connectivity index (χ4v) is 2.73. The maximum Gasteiger partial charge on any atom is 0.339 e. The first-order valence-electron chi connectivity index (χ1n) is 9.17. The van der Waals surface area contributed by atoms with Gasteiger partial charge in [0, 0.05) is 11.1 Å². The summed E-state index contributed by atoms with van der Waals surface area (Å²) in [5.74, 6) is 5.80. The zero-order valence-corrected chi connectivity index (χ0v) is 15.9. The number of hydrogen-bond donors (Lipinski definition) is 0. The zero-order valence-electron chi connectivity index (χ0n) is 15.9. The molecule has 0 amide bonds. The molecule has 3 aromatic carbocycles. The number of ether oxygens (including phenoxy) is 1. The molecule has 0 aliphatic carbocycles. The van der Waals surface area contributed by atoms with Gasteiger partial charge in [0.2, 0.25) is 0 Å². The highest BCUT2D eigenvalue weighted by Gasteiger charge is 2.11. The van der Waals surface area contributed by atoms with Gasteiger partial charge in [-0.2, -0.15) is 0 Å². The number of benzene rings is 3. The molecular weight excluding hydrogens is 344 g/mol. The van der Waals surface area contributed by atoms with Crippen LogP contribution < -0.4 is 0 Å². The summed E-state index contributed by atoms with van der Waals surface area (Å²) in [6, 6.07) is 25.2. The minimum atomic E-state index is -0.386. The molecule has 3 rings (SSSR count). The molecule has 0 saturated heterocycles. The molecule has 0 fully saturated rings. The van der Waals surface area contributed by atoms with Crippen molar-refractivity contribution in [2.45, 2.75) is 13.3 Å². The van der Waals surface area contributed by atoms with Crippen LogP contribution in [0.1, 0.15) is 32.6 Å². The topological polar surface area (TPSA) is 26.3 Å². The third-order valence-electron chi connectivity index (χ3n) is 4.24. The SMILES string of the molecule is C=C(COC(=O)c1ccccc1C#Cc1ccc(C)cc1)Cc1ccccc1. The molecule has 0 atom stereocenters. The van der Waals surface area contributed by atoms with Gasteiger partial charge in [0.25, 0.3) is 0 Å². The van der Waals surface area contributed by atoms with Crippen molar-refractivity contribution in [3.8, 4) is 11.8 Å². The lowest BCUT2D eigenvalue weighted by molar-refractivity contribution is 0.0538. The quantitative estimate of drug-likeness (QED) is 0.346. The Kier molecular flexibility index (Phi) is 6.44. The van der Waals surface area contributed by atoms with Crippen LogP contribution >= 0.6 is 0 Å². The molecular formula is C26H22O2. The highest BCUT2D eigenvalue weighted by atomic mass is 16.5. The Labute approximate surface area is 166 Å². The van der Waals surface area contributed by atoms with Crippen molar-refractivity contribution >= 4 is 5.97 Å².